The van der Waals surface area contributed by atoms with E-state index in [1.165, 1.54) is 19.1 Å². The zero-order valence-corrected chi connectivity index (χ0v) is 18.0. The molecule has 0 radical (unpaired) electrons. The second kappa shape index (κ2) is 9.32. The number of nitrogens with one attached hydrogen (secondary N) is 4. The normalized spacial score (nSPS) is 16.5. The molecule has 0 saturated carbocycles. The van der Waals surface area contributed by atoms with Gasteiger partial charge in [0.1, 0.15) is 5.82 Å². The molecule has 0 aliphatic carbocycles. The molecule has 7 heteroatoms. The van der Waals surface area contributed by atoms with Crippen molar-refractivity contribution in [2.24, 2.45) is 5.73 Å². The van der Waals surface area contributed by atoms with Gasteiger partial charge in [0.05, 0.1) is 17.6 Å². The number of likely N-dealkylation sites (tertiary alicyclic amines) is 1. The van der Waals surface area contributed by atoms with Crippen LogP contribution in [0.3, 0.4) is 0 Å². The van der Waals surface area contributed by atoms with Crippen LogP contribution in [0.25, 0.3) is 16.7 Å². The Balaban J connectivity index is 1.47. The molecule has 162 valence electrons. The zero-order chi connectivity index (χ0) is 21.8. The Morgan fingerprint density at radius 3 is 2.97 bits per heavy atom. The van der Waals surface area contributed by atoms with Gasteiger partial charge in [-0.25, -0.2) is 4.98 Å². The van der Waals surface area contributed by atoms with Crippen LogP contribution in [0.4, 0.5) is 11.4 Å². The first-order valence-corrected chi connectivity index (χ1v) is 10.8. The van der Waals surface area contributed by atoms with E-state index in [4.69, 9.17) is 16.1 Å². The van der Waals surface area contributed by atoms with E-state index in [1.54, 1.807) is 0 Å². The van der Waals surface area contributed by atoms with Crippen molar-refractivity contribution in [1.82, 2.24) is 14.9 Å². The number of H-pyrrole nitrogens is 1. The van der Waals surface area contributed by atoms with Crippen LogP contribution in [-0.2, 0) is 6.54 Å². The highest BCUT2D eigenvalue weighted by molar-refractivity contribution is 5.89. The van der Waals surface area contributed by atoms with Crippen molar-refractivity contribution in [2.75, 3.05) is 30.3 Å². The molecule has 1 fully saturated rings. The van der Waals surface area contributed by atoms with Gasteiger partial charge in [0.2, 0.25) is 0 Å². The molecule has 0 spiro atoms. The monoisotopic (exact) mass is 417 g/mol. The fraction of sp³-hybridized carbons (Fsp3) is 0.333. The van der Waals surface area contributed by atoms with E-state index in [9.17, 15) is 0 Å². The van der Waals surface area contributed by atoms with E-state index in [0.717, 1.165) is 58.1 Å². The van der Waals surface area contributed by atoms with Gasteiger partial charge in [0.15, 0.2) is 0 Å². The molecule has 1 atom stereocenters. The van der Waals surface area contributed by atoms with Crippen LogP contribution in [0.2, 0.25) is 0 Å². The summed E-state index contributed by atoms with van der Waals surface area (Å²) in [5.74, 6) is 1.01. The molecule has 31 heavy (non-hydrogen) atoms. The molecule has 0 bridgehead atoms. The lowest BCUT2D eigenvalue weighted by Gasteiger charge is -2.19. The molecule has 1 aromatic heterocycles. The van der Waals surface area contributed by atoms with E-state index in [2.05, 4.69) is 40.1 Å². The van der Waals surface area contributed by atoms with Gasteiger partial charge in [-0.15, -0.1) is 0 Å². The number of hydrogen-bond donors (Lipinski definition) is 5. The zero-order valence-electron chi connectivity index (χ0n) is 18.0. The van der Waals surface area contributed by atoms with Crippen molar-refractivity contribution in [3.8, 4) is 0 Å². The highest BCUT2D eigenvalue weighted by atomic mass is 15.2. The van der Waals surface area contributed by atoms with E-state index in [-0.39, 0.29) is 0 Å². The number of nitrogens with two attached hydrogens (primary N) is 1. The summed E-state index contributed by atoms with van der Waals surface area (Å²) < 4.78 is 0. The first kappa shape index (κ1) is 21.1. The standard InChI is InChI=1S/C24H31N7/c1-16-4-3-11-31(16)15-24-29-22-8-6-20(13-23(22)30-24)28-17(2)18-5-7-21(27-10-9-25)19(12-18)14-26/h5-8,12-14,16,26-28H,2-4,9-11,15,25H2,1H3,(H,29,30). The van der Waals surface area contributed by atoms with Crippen LogP contribution in [0.5, 0.6) is 0 Å². The molecule has 1 aliphatic rings. The largest absolute Gasteiger partial charge is 0.383 e. The van der Waals surface area contributed by atoms with Crippen LogP contribution in [0, 0.1) is 5.41 Å². The van der Waals surface area contributed by atoms with E-state index < -0.39 is 0 Å². The SMILES string of the molecule is C=C(Nc1ccc2nc(CN3CCCC3C)[nH]c2c1)c1ccc(NCCN)c(C=N)c1. The quantitative estimate of drug-likeness (QED) is 0.338. The minimum absolute atomic E-state index is 0.544. The van der Waals surface area contributed by atoms with Gasteiger partial charge < -0.3 is 26.8 Å². The van der Waals surface area contributed by atoms with Crippen LogP contribution >= 0.6 is 0 Å². The van der Waals surface area contributed by atoms with Crippen molar-refractivity contribution < 1.29 is 0 Å². The number of aromatic amines is 1. The third kappa shape index (κ3) is 4.78. The van der Waals surface area contributed by atoms with Crippen LogP contribution in [-0.4, -0.2) is 46.8 Å². The first-order chi connectivity index (χ1) is 15.1. The smallest absolute Gasteiger partial charge is 0.121 e. The minimum atomic E-state index is 0.544. The van der Waals surface area contributed by atoms with E-state index in [1.807, 2.05) is 30.3 Å². The Hall–Kier alpha value is -3.16. The molecule has 2 heterocycles. The van der Waals surface area contributed by atoms with Crippen molar-refractivity contribution in [1.29, 1.82) is 5.41 Å². The summed E-state index contributed by atoms with van der Waals surface area (Å²) >= 11 is 0. The second-order valence-electron chi connectivity index (χ2n) is 8.14. The Bertz CT molecular complexity index is 1080. The van der Waals surface area contributed by atoms with Gasteiger partial charge in [-0.2, -0.15) is 0 Å². The van der Waals surface area contributed by atoms with E-state index in [0.29, 0.717) is 19.1 Å². The summed E-state index contributed by atoms with van der Waals surface area (Å²) in [4.78, 5) is 10.7. The van der Waals surface area contributed by atoms with Crippen molar-refractivity contribution in [3.05, 3.63) is 59.9 Å². The third-order valence-electron chi connectivity index (χ3n) is 5.88. The molecule has 2 aromatic carbocycles. The lowest BCUT2D eigenvalue weighted by Crippen LogP contribution is -2.26. The predicted octanol–water partition coefficient (Wildman–Crippen LogP) is 4.00. The fourth-order valence-electron chi connectivity index (χ4n) is 4.12. The molecular formula is C24H31N7. The molecule has 4 rings (SSSR count). The van der Waals surface area contributed by atoms with Gasteiger partial charge in [-0.05, 0) is 62.2 Å². The third-order valence-corrected chi connectivity index (χ3v) is 5.88. The average Bonchev–Trinajstić information content (AvgIpc) is 3.37. The summed E-state index contributed by atoms with van der Waals surface area (Å²) in [6.45, 7) is 9.69. The number of hydrogen-bond acceptors (Lipinski definition) is 6. The molecule has 3 aromatic rings. The van der Waals surface area contributed by atoms with Gasteiger partial charge in [0, 0.05) is 48.0 Å². The highest BCUT2D eigenvalue weighted by Crippen LogP contribution is 2.25. The summed E-state index contributed by atoms with van der Waals surface area (Å²) in [6.07, 6.45) is 3.87. The van der Waals surface area contributed by atoms with Gasteiger partial charge >= 0.3 is 0 Å². The Kier molecular flexibility index (Phi) is 6.34. The van der Waals surface area contributed by atoms with E-state index >= 15 is 0 Å². The van der Waals surface area contributed by atoms with Crippen molar-refractivity contribution in [3.63, 3.8) is 0 Å². The molecule has 7 nitrogen and oxygen atoms in total. The summed E-state index contributed by atoms with van der Waals surface area (Å²) in [5.41, 5.74) is 11.9. The van der Waals surface area contributed by atoms with Crippen molar-refractivity contribution >= 4 is 34.3 Å². The maximum Gasteiger partial charge on any atom is 0.121 e. The average molecular weight is 418 g/mol. The predicted molar refractivity (Wildman–Crippen MR) is 130 cm³/mol. The summed E-state index contributed by atoms with van der Waals surface area (Å²) in [6, 6.07) is 12.6. The number of anilines is 2. The number of nitrogens with zero attached hydrogens (tertiary/aromatic N) is 2. The number of fused-ring (bicyclic) bond motifs is 1. The van der Waals surface area contributed by atoms with Crippen molar-refractivity contribution in [2.45, 2.75) is 32.4 Å². The second-order valence-corrected chi connectivity index (χ2v) is 8.14. The van der Waals surface area contributed by atoms with Gasteiger partial charge in [-0.3, -0.25) is 4.90 Å². The fourth-order valence-corrected chi connectivity index (χ4v) is 4.12. The number of aromatic nitrogens is 2. The molecule has 6 N–H and O–H groups in total. The van der Waals surface area contributed by atoms with Gasteiger partial charge in [0.25, 0.3) is 0 Å². The summed E-state index contributed by atoms with van der Waals surface area (Å²) in [5, 5.41) is 14.3. The van der Waals surface area contributed by atoms with Crippen LogP contribution in [0.15, 0.2) is 43.0 Å². The highest BCUT2D eigenvalue weighted by Gasteiger charge is 2.21. The maximum atomic E-state index is 7.70. The number of benzene rings is 2. The molecule has 0 amide bonds. The molecule has 1 saturated heterocycles. The van der Waals surface area contributed by atoms with Crippen LogP contribution in [0.1, 0.15) is 36.7 Å². The number of rotatable bonds is 9. The molecule has 1 aliphatic heterocycles. The first-order valence-electron chi connectivity index (χ1n) is 10.8. The Morgan fingerprint density at radius 1 is 1.35 bits per heavy atom. The Labute approximate surface area is 183 Å². The Morgan fingerprint density at radius 2 is 2.23 bits per heavy atom. The molecule has 1 unspecified atom stereocenters. The topological polar surface area (TPSA) is 106 Å². The number of imidazole rings is 1. The summed E-state index contributed by atoms with van der Waals surface area (Å²) in [7, 11) is 0. The molecular weight excluding hydrogens is 386 g/mol. The van der Waals surface area contributed by atoms with Crippen LogP contribution < -0.4 is 16.4 Å². The lowest BCUT2D eigenvalue weighted by molar-refractivity contribution is 0.255. The maximum absolute atomic E-state index is 7.70. The minimum Gasteiger partial charge on any atom is -0.383 e. The lowest BCUT2D eigenvalue weighted by atomic mass is 10.1. The van der Waals surface area contributed by atoms with Gasteiger partial charge in [-0.1, -0.05) is 12.6 Å².